The van der Waals surface area contributed by atoms with Crippen molar-refractivity contribution in [1.82, 2.24) is 5.32 Å². The standard InChI is InChI=1S/C28H33N3O4/c1-18(2)26(31-27(32)21-15-24(34-4)17-25(16-21)35-5)28(33)30-23-13-11-22(12-14-23)29-19(3)20-9-7-6-8-10-20/h6-19,26,29H,1-5H3,(H,30,33)(H,31,32). The fourth-order valence-electron chi connectivity index (χ4n) is 3.64. The molecule has 2 atom stereocenters. The maximum Gasteiger partial charge on any atom is 0.252 e. The molecule has 7 nitrogen and oxygen atoms in total. The fraction of sp³-hybridized carbons (Fsp3) is 0.286. The molecule has 0 aliphatic carbocycles. The summed E-state index contributed by atoms with van der Waals surface area (Å²) in [6.07, 6.45) is 0. The molecular weight excluding hydrogens is 442 g/mol. The number of hydrogen-bond acceptors (Lipinski definition) is 5. The second-order valence-electron chi connectivity index (χ2n) is 8.64. The summed E-state index contributed by atoms with van der Waals surface area (Å²) < 4.78 is 10.5. The molecule has 0 bridgehead atoms. The lowest BCUT2D eigenvalue weighted by atomic mass is 10.0. The van der Waals surface area contributed by atoms with Gasteiger partial charge in [-0.15, -0.1) is 0 Å². The van der Waals surface area contributed by atoms with E-state index in [2.05, 4.69) is 35.0 Å². The van der Waals surface area contributed by atoms with Crippen molar-refractivity contribution in [3.63, 3.8) is 0 Å². The van der Waals surface area contributed by atoms with E-state index in [1.807, 2.05) is 56.3 Å². The number of anilines is 2. The number of carbonyl (C=O) groups is 2. The average molecular weight is 476 g/mol. The van der Waals surface area contributed by atoms with Crippen LogP contribution in [0.25, 0.3) is 0 Å². The van der Waals surface area contributed by atoms with E-state index in [9.17, 15) is 9.59 Å². The van der Waals surface area contributed by atoms with Crippen LogP contribution in [0.4, 0.5) is 11.4 Å². The first-order valence-electron chi connectivity index (χ1n) is 11.6. The van der Waals surface area contributed by atoms with Crippen molar-refractivity contribution in [2.24, 2.45) is 5.92 Å². The molecule has 0 saturated carbocycles. The van der Waals surface area contributed by atoms with Crippen molar-refractivity contribution in [2.75, 3.05) is 24.9 Å². The smallest absolute Gasteiger partial charge is 0.252 e. The van der Waals surface area contributed by atoms with Crippen LogP contribution in [0.15, 0.2) is 72.8 Å². The summed E-state index contributed by atoms with van der Waals surface area (Å²) in [5.74, 6) is 0.192. The number of methoxy groups -OCH3 is 2. The van der Waals surface area contributed by atoms with Crippen LogP contribution >= 0.6 is 0 Å². The van der Waals surface area contributed by atoms with E-state index < -0.39 is 6.04 Å². The van der Waals surface area contributed by atoms with Crippen molar-refractivity contribution in [2.45, 2.75) is 32.9 Å². The molecule has 0 fully saturated rings. The van der Waals surface area contributed by atoms with Gasteiger partial charge in [-0.25, -0.2) is 0 Å². The highest BCUT2D eigenvalue weighted by atomic mass is 16.5. The number of ether oxygens (including phenoxy) is 2. The fourth-order valence-corrected chi connectivity index (χ4v) is 3.64. The Labute approximate surface area is 206 Å². The van der Waals surface area contributed by atoms with Gasteiger partial charge < -0.3 is 25.4 Å². The highest BCUT2D eigenvalue weighted by molar-refractivity contribution is 6.01. The maximum absolute atomic E-state index is 13.0. The van der Waals surface area contributed by atoms with Gasteiger partial charge in [0.2, 0.25) is 5.91 Å². The van der Waals surface area contributed by atoms with E-state index in [0.29, 0.717) is 22.7 Å². The van der Waals surface area contributed by atoms with Crippen LogP contribution in [0, 0.1) is 5.92 Å². The Morgan fingerprint density at radius 2 is 1.34 bits per heavy atom. The summed E-state index contributed by atoms with van der Waals surface area (Å²) in [7, 11) is 3.04. The van der Waals surface area contributed by atoms with E-state index in [-0.39, 0.29) is 23.8 Å². The normalized spacial score (nSPS) is 12.4. The Morgan fingerprint density at radius 3 is 1.89 bits per heavy atom. The zero-order chi connectivity index (χ0) is 25.4. The summed E-state index contributed by atoms with van der Waals surface area (Å²) in [6, 6.07) is 22.0. The Hall–Kier alpha value is -4.00. The summed E-state index contributed by atoms with van der Waals surface area (Å²) in [4.78, 5) is 25.9. The highest BCUT2D eigenvalue weighted by Gasteiger charge is 2.25. The van der Waals surface area contributed by atoms with Gasteiger partial charge in [-0.2, -0.15) is 0 Å². The van der Waals surface area contributed by atoms with Gasteiger partial charge in [-0.1, -0.05) is 44.2 Å². The first-order chi connectivity index (χ1) is 16.8. The monoisotopic (exact) mass is 475 g/mol. The minimum atomic E-state index is -0.726. The number of amides is 2. The number of hydrogen-bond donors (Lipinski definition) is 3. The van der Waals surface area contributed by atoms with E-state index in [4.69, 9.17) is 9.47 Å². The lowest BCUT2D eigenvalue weighted by Gasteiger charge is -2.22. The summed E-state index contributed by atoms with van der Waals surface area (Å²) in [5.41, 5.74) is 3.13. The van der Waals surface area contributed by atoms with Gasteiger partial charge in [-0.05, 0) is 54.8 Å². The van der Waals surface area contributed by atoms with Gasteiger partial charge >= 0.3 is 0 Å². The molecule has 0 aliphatic rings. The Bertz CT molecular complexity index is 1110. The predicted molar refractivity (Wildman–Crippen MR) is 139 cm³/mol. The first-order valence-corrected chi connectivity index (χ1v) is 11.6. The van der Waals surface area contributed by atoms with Crippen molar-refractivity contribution in [3.8, 4) is 11.5 Å². The van der Waals surface area contributed by atoms with Crippen molar-refractivity contribution >= 4 is 23.2 Å². The quantitative estimate of drug-likeness (QED) is 0.372. The highest BCUT2D eigenvalue weighted by Crippen LogP contribution is 2.23. The van der Waals surface area contributed by atoms with Crippen molar-refractivity contribution < 1.29 is 19.1 Å². The van der Waals surface area contributed by atoms with Crippen LogP contribution < -0.4 is 25.4 Å². The van der Waals surface area contributed by atoms with Gasteiger partial charge in [0.1, 0.15) is 17.5 Å². The molecule has 7 heteroatoms. The van der Waals surface area contributed by atoms with Crippen LogP contribution in [-0.4, -0.2) is 32.1 Å². The molecule has 3 aromatic carbocycles. The third kappa shape index (κ3) is 6.99. The lowest BCUT2D eigenvalue weighted by molar-refractivity contribution is -0.118. The molecule has 0 aliphatic heterocycles. The maximum atomic E-state index is 13.0. The van der Waals surface area contributed by atoms with Crippen LogP contribution in [0.1, 0.15) is 42.7 Å². The number of carbonyl (C=O) groups excluding carboxylic acids is 2. The number of nitrogens with one attached hydrogen (secondary N) is 3. The van der Waals surface area contributed by atoms with Crippen LogP contribution in [-0.2, 0) is 4.79 Å². The summed E-state index contributed by atoms with van der Waals surface area (Å²) in [5, 5.41) is 9.20. The zero-order valence-electron chi connectivity index (χ0n) is 20.8. The third-order valence-corrected chi connectivity index (χ3v) is 5.68. The van der Waals surface area contributed by atoms with E-state index in [1.165, 1.54) is 19.8 Å². The van der Waals surface area contributed by atoms with Gasteiger partial charge in [0.05, 0.1) is 14.2 Å². The van der Waals surface area contributed by atoms with Gasteiger partial charge in [0.15, 0.2) is 0 Å². The van der Waals surface area contributed by atoms with Gasteiger partial charge in [0, 0.05) is 29.0 Å². The zero-order valence-corrected chi connectivity index (χ0v) is 20.8. The van der Waals surface area contributed by atoms with Crippen LogP contribution in [0.2, 0.25) is 0 Å². The van der Waals surface area contributed by atoms with E-state index in [0.717, 1.165) is 5.69 Å². The molecular formula is C28H33N3O4. The molecule has 0 aromatic heterocycles. The topological polar surface area (TPSA) is 88.7 Å². The number of benzene rings is 3. The van der Waals surface area contributed by atoms with E-state index >= 15 is 0 Å². The minimum Gasteiger partial charge on any atom is -0.497 e. The summed E-state index contributed by atoms with van der Waals surface area (Å²) >= 11 is 0. The summed E-state index contributed by atoms with van der Waals surface area (Å²) in [6.45, 7) is 5.86. The second kappa shape index (κ2) is 11.9. The molecule has 0 saturated heterocycles. The average Bonchev–Trinajstić information content (AvgIpc) is 2.88. The molecule has 0 heterocycles. The van der Waals surface area contributed by atoms with Crippen molar-refractivity contribution in [3.05, 3.63) is 83.9 Å². The molecule has 3 N–H and O–H groups in total. The molecule has 0 radical (unpaired) electrons. The molecule has 184 valence electrons. The minimum absolute atomic E-state index is 0.126. The molecule has 2 unspecified atom stereocenters. The Morgan fingerprint density at radius 1 is 0.771 bits per heavy atom. The second-order valence-corrected chi connectivity index (χ2v) is 8.64. The van der Waals surface area contributed by atoms with Crippen molar-refractivity contribution in [1.29, 1.82) is 0 Å². The van der Waals surface area contributed by atoms with Gasteiger partial charge in [0.25, 0.3) is 5.91 Å². The molecule has 3 aromatic rings. The van der Waals surface area contributed by atoms with Crippen LogP contribution in [0.3, 0.4) is 0 Å². The Kier molecular flexibility index (Phi) is 8.73. The third-order valence-electron chi connectivity index (χ3n) is 5.68. The predicted octanol–water partition coefficient (Wildman–Crippen LogP) is 5.27. The largest absolute Gasteiger partial charge is 0.497 e. The molecule has 35 heavy (non-hydrogen) atoms. The van der Waals surface area contributed by atoms with Gasteiger partial charge in [-0.3, -0.25) is 9.59 Å². The SMILES string of the molecule is COc1cc(OC)cc(C(=O)NC(C(=O)Nc2ccc(NC(C)c3ccccc3)cc2)C(C)C)c1. The molecule has 2 amide bonds. The van der Waals surface area contributed by atoms with Crippen LogP contribution in [0.5, 0.6) is 11.5 Å². The Balaban J connectivity index is 1.65. The molecule has 3 rings (SSSR count). The number of rotatable bonds is 10. The lowest BCUT2D eigenvalue weighted by Crippen LogP contribution is -2.47. The molecule has 0 spiro atoms. The van der Waals surface area contributed by atoms with E-state index in [1.54, 1.807) is 18.2 Å². The first kappa shape index (κ1) is 25.6.